The normalized spacial score (nSPS) is 12.8. The van der Waals surface area contributed by atoms with Crippen molar-refractivity contribution in [1.82, 2.24) is 9.55 Å². The number of thiol groups is 1. The number of aryl methyl sites for hydroxylation is 1. The van der Waals surface area contributed by atoms with E-state index in [1.165, 1.54) is 0 Å². The second-order valence-corrected chi connectivity index (χ2v) is 5.13. The van der Waals surface area contributed by atoms with Crippen molar-refractivity contribution in [3.05, 3.63) is 26.8 Å². The van der Waals surface area contributed by atoms with E-state index in [1.807, 2.05) is 6.92 Å². The standard InChI is InChI=1S/C11H17BrN2OS/c1-3-4-9(7-16)6-14-8(2)13-5-10(12)11(14)15/h5,9,16H,3-4,6-7H2,1-2H3. The van der Waals surface area contributed by atoms with Crippen LogP contribution in [0.5, 0.6) is 0 Å². The average molecular weight is 305 g/mol. The fourth-order valence-electron chi connectivity index (χ4n) is 1.67. The summed E-state index contributed by atoms with van der Waals surface area (Å²) < 4.78 is 2.24. The largest absolute Gasteiger partial charge is 0.296 e. The first-order valence-electron chi connectivity index (χ1n) is 5.43. The summed E-state index contributed by atoms with van der Waals surface area (Å²) in [6.45, 7) is 4.70. The minimum Gasteiger partial charge on any atom is -0.296 e. The lowest BCUT2D eigenvalue weighted by atomic mass is 10.1. The number of hydrogen-bond donors (Lipinski definition) is 1. The summed E-state index contributed by atoms with van der Waals surface area (Å²) >= 11 is 7.54. The van der Waals surface area contributed by atoms with Gasteiger partial charge < -0.3 is 0 Å². The van der Waals surface area contributed by atoms with Crippen molar-refractivity contribution >= 4 is 28.6 Å². The molecule has 0 saturated carbocycles. The molecule has 0 amide bonds. The molecular weight excluding hydrogens is 288 g/mol. The van der Waals surface area contributed by atoms with Gasteiger partial charge in [-0.15, -0.1) is 0 Å². The van der Waals surface area contributed by atoms with Gasteiger partial charge in [-0.2, -0.15) is 12.6 Å². The molecule has 1 atom stereocenters. The van der Waals surface area contributed by atoms with Crippen LogP contribution in [0.15, 0.2) is 15.5 Å². The minimum atomic E-state index is -0.00427. The van der Waals surface area contributed by atoms with Crippen molar-refractivity contribution in [2.75, 3.05) is 5.75 Å². The Labute approximate surface area is 110 Å². The Bertz CT molecular complexity index is 405. The molecule has 0 aliphatic rings. The molecule has 0 fully saturated rings. The molecule has 5 heteroatoms. The number of nitrogens with zero attached hydrogens (tertiary/aromatic N) is 2. The maximum Gasteiger partial charge on any atom is 0.267 e. The van der Waals surface area contributed by atoms with Crippen molar-refractivity contribution < 1.29 is 0 Å². The van der Waals surface area contributed by atoms with E-state index in [4.69, 9.17) is 0 Å². The number of halogens is 1. The number of rotatable bonds is 5. The van der Waals surface area contributed by atoms with E-state index >= 15 is 0 Å². The molecule has 0 spiro atoms. The third kappa shape index (κ3) is 3.35. The van der Waals surface area contributed by atoms with Crippen LogP contribution in [0.4, 0.5) is 0 Å². The fraction of sp³-hybridized carbons (Fsp3) is 0.636. The van der Waals surface area contributed by atoms with Gasteiger partial charge in [0.15, 0.2) is 0 Å². The highest BCUT2D eigenvalue weighted by Gasteiger charge is 2.11. The van der Waals surface area contributed by atoms with Gasteiger partial charge in [-0.05, 0) is 40.9 Å². The molecule has 0 aliphatic carbocycles. The van der Waals surface area contributed by atoms with Crippen LogP contribution in [0, 0.1) is 12.8 Å². The summed E-state index contributed by atoms with van der Waals surface area (Å²) in [5.41, 5.74) is -0.00427. The summed E-state index contributed by atoms with van der Waals surface area (Å²) in [6.07, 6.45) is 3.76. The lowest BCUT2D eigenvalue weighted by Crippen LogP contribution is -2.28. The molecule has 1 aromatic rings. The molecule has 16 heavy (non-hydrogen) atoms. The van der Waals surface area contributed by atoms with Crippen LogP contribution in [-0.2, 0) is 6.54 Å². The van der Waals surface area contributed by atoms with Crippen LogP contribution in [0.1, 0.15) is 25.6 Å². The zero-order valence-corrected chi connectivity index (χ0v) is 12.1. The average Bonchev–Trinajstić information content (AvgIpc) is 2.28. The first-order chi connectivity index (χ1) is 7.60. The predicted molar refractivity (Wildman–Crippen MR) is 73.2 cm³/mol. The quantitative estimate of drug-likeness (QED) is 0.849. The van der Waals surface area contributed by atoms with Crippen molar-refractivity contribution in [2.24, 2.45) is 5.92 Å². The summed E-state index contributed by atoms with van der Waals surface area (Å²) in [4.78, 5) is 16.1. The third-order valence-corrected chi connectivity index (χ3v) is 3.66. The monoisotopic (exact) mass is 304 g/mol. The molecular formula is C11H17BrN2OS. The van der Waals surface area contributed by atoms with E-state index < -0.39 is 0 Å². The van der Waals surface area contributed by atoms with Crippen LogP contribution in [0.25, 0.3) is 0 Å². The highest BCUT2D eigenvalue weighted by molar-refractivity contribution is 9.10. The molecule has 0 radical (unpaired) electrons. The van der Waals surface area contributed by atoms with Crippen LogP contribution in [-0.4, -0.2) is 15.3 Å². The van der Waals surface area contributed by atoms with Crippen LogP contribution in [0.2, 0.25) is 0 Å². The Morgan fingerprint density at radius 1 is 1.62 bits per heavy atom. The molecule has 1 rings (SSSR count). The van der Waals surface area contributed by atoms with Gasteiger partial charge >= 0.3 is 0 Å². The maximum absolute atomic E-state index is 11.9. The Morgan fingerprint density at radius 3 is 2.88 bits per heavy atom. The van der Waals surface area contributed by atoms with Crippen LogP contribution < -0.4 is 5.56 Å². The van der Waals surface area contributed by atoms with Gasteiger partial charge in [-0.1, -0.05) is 13.3 Å². The molecule has 1 unspecified atom stereocenters. The molecule has 0 bridgehead atoms. The van der Waals surface area contributed by atoms with Crippen LogP contribution in [0.3, 0.4) is 0 Å². The lowest BCUT2D eigenvalue weighted by Gasteiger charge is -2.16. The highest BCUT2D eigenvalue weighted by Crippen LogP contribution is 2.12. The van der Waals surface area contributed by atoms with E-state index in [0.717, 1.165) is 24.4 Å². The molecule has 0 aliphatic heterocycles. The zero-order chi connectivity index (χ0) is 12.1. The van der Waals surface area contributed by atoms with Gasteiger partial charge in [-0.3, -0.25) is 9.36 Å². The second kappa shape index (κ2) is 6.45. The first-order valence-corrected chi connectivity index (χ1v) is 6.85. The summed E-state index contributed by atoms with van der Waals surface area (Å²) in [5.74, 6) is 1.99. The predicted octanol–water partition coefficient (Wildman–Crippen LogP) is 2.66. The van der Waals surface area contributed by atoms with Gasteiger partial charge in [0.1, 0.15) is 10.3 Å². The molecule has 3 nitrogen and oxygen atoms in total. The first kappa shape index (κ1) is 13.8. The van der Waals surface area contributed by atoms with Crippen molar-refractivity contribution in [2.45, 2.75) is 33.2 Å². The maximum atomic E-state index is 11.9. The Morgan fingerprint density at radius 2 is 2.31 bits per heavy atom. The third-order valence-electron chi connectivity index (χ3n) is 2.60. The number of aromatic nitrogens is 2. The Hall–Kier alpha value is -0.290. The number of hydrogen-bond acceptors (Lipinski definition) is 3. The molecule has 0 saturated heterocycles. The molecule has 1 aromatic heterocycles. The zero-order valence-electron chi connectivity index (χ0n) is 9.61. The topological polar surface area (TPSA) is 34.9 Å². The lowest BCUT2D eigenvalue weighted by molar-refractivity contribution is 0.435. The molecule has 0 N–H and O–H groups in total. The summed E-state index contributed by atoms with van der Waals surface area (Å²) in [7, 11) is 0. The van der Waals surface area contributed by atoms with Gasteiger partial charge in [-0.25, -0.2) is 4.98 Å². The fourth-order valence-corrected chi connectivity index (χ4v) is 2.29. The molecule has 0 aromatic carbocycles. The second-order valence-electron chi connectivity index (χ2n) is 3.91. The van der Waals surface area contributed by atoms with Gasteiger partial charge in [0.05, 0.1) is 0 Å². The van der Waals surface area contributed by atoms with E-state index in [9.17, 15) is 4.79 Å². The summed E-state index contributed by atoms with van der Waals surface area (Å²) in [5, 5.41) is 0. The van der Waals surface area contributed by atoms with Gasteiger partial charge in [0.2, 0.25) is 0 Å². The van der Waals surface area contributed by atoms with Crippen LogP contribution >= 0.6 is 28.6 Å². The van der Waals surface area contributed by atoms with E-state index in [-0.39, 0.29) is 5.56 Å². The SMILES string of the molecule is CCCC(CS)Cn1c(C)ncc(Br)c1=O. The molecule has 1 heterocycles. The Balaban J connectivity index is 2.95. The van der Waals surface area contributed by atoms with Gasteiger partial charge in [0, 0.05) is 12.7 Å². The molecule has 90 valence electrons. The minimum absolute atomic E-state index is 0.00427. The van der Waals surface area contributed by atoms with E-state index in [1.54, 1.807) is 10.8 Å². The van der Waals surface area contributed by atoms with Crippen molar-refractivity contribution in [1.29, 1.82) is 0 Å². The van der Waals surface area contributed by atoms with Crippen molar-refractivity contribution in [3.8, 4) is 0 Å². The summed E-state index contributed by atoms with van der Waals surface area (Å²) in [6, 6.07) is 0. The highest BCUT2D eigenvalue weighted by atomic mass is 79.9. The van der Waals surface area contributed by atoms with Crippen molar-refractivity contribution in [3.63, 3.8) is 0 Å². The van der Waals surface area contributed by atoms with E-state index in [0.29, 0.717) is 16.9 Å². The smallest absolute Gasteiger partial charge is 0.267 e. The van der Waals surface area contributed by atoms with Gasteiger partial charge in [0.25, 0.3) is 5.56 Å². The Kier molecular flexibility index (Phi) is 5.55. The van der Waals surface area contributed by atoms with E-state index in [2.05, 4.69) is 40.5 Å².